The van der Waals surface area contributed by atoms with Gasteiger partial charge in [0, 0.05) is 23.2 Å². The highest BCUT2D eigenvalue weighted by molar-refractivity contribution is 5.87. The molecular weight excluding hydrogens is 278 g/mol. The first-order valence-corrected chi connectivity index (χ1v) is 8.73. The first-order chi connectivity index (χ1) is 11.1. The molecule has 1 heteroatoms. The summed E-state index contributed by atoms with van der Waals surface area (Å²) in [4.78, 5) is 4.93. The molecule has 0 heterocycles. The van der Waals surface area contributed by atoms with Crippen LogP contribution in [0.5, 0.6) is 0 Å². The third kappa shape index (κ3) is 5.06. The molecule has 1 nitrogen and oxygen atoms in total. The topological polar surface area (TPSA) is 12.4 Å². The summed E-state index contributed by atoms with van der Waals surface area (Å²) in [6.45, 7) is 10.7. The van der Waals surface area contributed by atoms with Gasteiger partial charge in [-0.15, -0.1) is 0 Å². The molecule has 122 valence electrons. The standard InChI is InChI=1S/C22H29N/c1-5-6-7-11-17(2)20-13-10-14-21(16-20)19(4)23-22-15-9-8-12-18(22)3/h5-9,11,15-16,18,21H,2,10,12-14H2,1,3-4H3/b6-5-,11-7-,23-19?. The fraction of sp³-hybridized carbons (Fsp3) is 0.409. The summed E-state index contributed by atoms with van der Waals surface area (Å²) < 4.78 is 0. The molecule has 0 aromatic rings. The molecule has 0 radical (unpaired) electrons. The Balaban J connectivity index is 2.12. The van der Waals surface area contributed by atoms with Crippen molar-refractivity contribution < 1.29 is 0 Å². The van der Waals surface area contributed by atoms with Crippen molar-refractivity contribution in [2.75, 3.05) is 0 Å². The van der Waals surface area contributed by atoms with Crippen LogP contribution in [0.15, 0.2) is 77.0 Å². The molecule has 0 aromatic heterocycles. The van der Waals surface area contributed by atoms with Crippen molar-refractivity contribution in [3.63, 3.8) is 0 Å². The minimum atomic E-state index is 0.449. The summed E-state index contributed by atoms with van der Waals surface area (Å²) in [6.07, 6.45) is 21.8. The molecule has 2 atom stereocenters. The number of nitrogens with zero attached hydrogens (tertiary/aromatic N) is 1. The highest BCUT2D eigenvalue weighted by Crippen LogP contribution is 2.30. The third-order valence-corrected chi connectivity index (χ3v) is 4.62. The number of hydrogen-bond acceptors (Lipinski definition) is 1. The zero-order chi connectivity index (χ0) is 16.7. The predicted molar refractivity (Wildman–Crippen MR) is 103 cm³/mol. The Morgan fingerprint density at radius 2 is 2.17 bits per heavy atom. The van der Waals surface area contributed by atoms with Crippen molar-refractivity contribution in [1.29, 1.82) is 0 Å². The Labute approximate surface area is 141 Å². The zero-order valence-corrected chi connectivity index (χ0v) is 14.8. The molecule has 0 aromatic carbocycles. The Kier molecular flexibility index (Phi) is 6.58. The van der Waals surface area contributed by atoms with E-state index in [1.54, 1.807) is 0 Å². The van der Waals surface area contributed by atoms with Gasteiger partial charge in [0.05, 0.1) is 0 Å². The summed E-state index contributed by atoms with van der Waals surface area (Å²) in [5.41, 5.74) is 4.97. The summed E-state index contributed by atoms with van der Waals surface area (Å²) >= 11 is 0. The monoisotopic (exact) mass is 307 g/mol. The van der Waals surface area contributed by atoms with Crippen LogP contribution in [0.25, 0.3) is 0 Å². The van der Waals surface area contributed by atoms with Gasteiger partial charge in [0.25, 0.3) is 0 Å². The molecule has 2 aliphatic carbocycles. The normalized spacial score (nSPS) is 25.8. The third-order valence-electron chi connectivity index (χ3n) is 4.62. The highest BCUT2D eigenvalue weighted by atomic mass is 14.8. The second-order valence-corrected chi connectivity index (χ2v) is 6.51. The van der Waals surface area contributed by atoms with Crippen LogP contribution in [-0.4, -0.2) is 5.71 Å². The maximum absolute atomic E-state index is 4.93. The van der Waals surface area contributed by atoms with E-state index < -0.39 is 0 Å². The first-order valence-electron chi connectivity index (χ1n) is 8.73. The quantitative estimate of drug-likeness (QED) is 0.415. The fourth-order valence-corrected chi connectivity index (χ4v) is 3.08. The lowest BCUT2D eigenvalue weighted by molar-refractivity contribution is 0.630. The minimum absolute atomic E-state index is 0.449. The average molecular weight is 307 g/mol. The SMILES string of the molecule is C=C(/C=C\C=C/C)C1=CC(C(C)=NC2=CC=CCC2C)CCC1. The Bertz CT molecular complexity index is 608. The van der Waals surface area contributed by atoms with Crippen LogP contribution in [0.4, 0.5) is 0 Å². The molecule has 0 N–H and O–H groups in total. The van der Waals surface area contributed by atoms with Crippen molar-refractivity contribution in [2.24, 2.45) is 16.8 Å². The zero-order valence-electron chi connectivity index (χ0n) is 14.8. The molecule has 0 saturated carbocycles. The van der Waals surface area contributed by atoms with E-state index in [0.717, 1.165) is 18.4 Å². The van der Waals surface area contributed by atoms with Gasteiger partial charge >= 0.3 is 0 Å². The summed E-state index contributed by atoms with van der Waals surface area (Å²) in [6, 6.07) is 0. The molecule has 2 aliphatic rings. The molecule has 0 saturated heterocycles. The number of aliphatic imine (C=N–C) groups is 1. The lowest BCUT2D eigenvalue weighted by atomic mass is 9.85. The van der Waals surface area contributed by atoms with E-state index in [0.29, 0.717) is 11.8 Å². The molecule has 0 amide bonds. The second-order valence-electron chi connectivity index (χ2n) is 6.51. The molecular formula is C22H29N. The van der Waals surface area contributed by atoms with E-state index in [1.807, 2.05) is 19.1 Å². The van der Waals surface area contributed by atoms with Crippen LogP contribution in [0.1, 0.15) is 46.5 Å². The Morgan fingerprint density at radius 1 is 1.35 bits per heavy atom. The van der Waals surface area contributed by atoms with Crippen molar-refractivity contribution in [3.8, 4) is 0 Å². The van der Waals surface area contributed by atoms with Crippen molar-refractivity contribution >= 4 is 5.71 Å². The van der Waals surface area contributed by atoms with Crippen LogP contribution in [0.2, 0.25) is 0 Å². The first kappa shape index (κ1) is 17.5. The van der Waals surface area contributed by atoms with E-state index in [1.165, 1.54) is 29.8 Å². The van der Waals surface area contributed by atoms with Crippen molar-refractivity contribution in [2.45, 2.75) is 46.5 Å². The van der Waals surface area contributed by atoms with Crippen LogP contribution in [0, 0.1) is 11.8 Å². The average Bonchev–Trinajstić information content (AvgIpc) is 2.57. The van der Waals surface area contributed by atoms with Gasteiger partial charge in [-0.2, -0.15) is 0 Å². The van der Waals surface area contributed by atoms with Gasteiger partial charge in [-0.25, -0.2) is 0 Å². The second kappa shape index (κ2) is 8.67. The van der Waals surface area contributed by atoms with Gasteiger partial charge in [-0.3, -0.25) is 4.99 Å². The minimum Gasteiger partial charge on any atom is -0.262 e. The van der Waals surface area contributed by atoms with Crippen LogP contribution in [0.3, 0.4) is 0 Å². The maximum Gasteiger partial charge on any atom is 0.0434 e. The van der Waals surface area contributed by atoms with Crippen LogP contribution >= 0.6 is 0 Å². The number of hydrogen-bond donors (Lipinski definition) is 0. The molecule has 0 bridgehead atoms. The van der Waals surface area contributed by atoms with Gasteiger partial charge in [-0.1, -0.05) is 56.0 Å². The lowest BCUT2D eigenvalue weighted by Crippen LogP contribution is -2.15. The molecule has 2 rings (SSSR count). The van der Waals surface area contributed by atoms with Gasteiger partial charge in [0.2, 0.25) is 0 Å². The summed E-state index contributed by atoms with van der Waals surface area (Å²) in [5, 5.41) is 0. The van der Waals surface area contributed by atoms with Gasteiger partial charge in [-0.05, 0) is 56.8 Å². The maximum atomic E-state index is 4.93. The Hall–Kier alpha value is -1.89. The van der Waals surface area contributed by atoms with Gasteiger partial charge in [0.1, 0.15) is 0 Å². The van der Waals surface area contributed by atoms with E-state index >= 15 is 0 Å². The Morgan fingerprint density at radius 3 is 2.91 bits per heavy atom. The largest absolute Gasteiger partial charge is 0.262 e. The predicted octanol–water partition coefficient (Wildman–Crippen LogP) is 6.34. The summed E-state index contributed by atoms with van der Waals surface area (Å²) in [5.74, 6) is 0.977. The van der Waals surface area contributed by atoms with Gasteiger partial charge in [0.15, 0.2) is 0 Å². The van der Waals surface area contributed by atoms with Crippen LogP contribution in [-0.2, 0) is 0 Å². The number of allylic oxidation sites excluding steroid dienone is 11. The van der Waals surface area contributed by atoms with Gasteiger partial charge < -0.3 is 0 Å². The molecule has 2 unspecified atom stereocenters. The smallest absolute Gasteiger partial charge is 0.0434 e. The fourth-order valence-electron chi connectivity index (χ4n) is 3.08. The highest BCUT2D eigenvalue weighted by Gasteiger charge is 2.18. The van der Waals surface area contributed by atoms with Crippen molar-refractivity contribution in [1.82, 2.24) is 0 Å². The molecule has 0 spiro atoms. The molecule has 0 aliphatic heterocycles. The lowest BCUT2D eigenvalue weighted by Gasteiger charge is -2.23. The van der Waals surface area contributed by atoms with E-state index in [9.17, 15) is 0 Å². The summed E-state index contributed by atoms with van der Waals surface area (Å²) in [7, 11) is 0. The van der Waals surface area contributed by atoms with E-state index in [2.05, 4.69) is 56.9 Å². The van der Waals surface area contributed by atoms with E-state index in [4.69, 9.17) is 4.99 Å². The van der Waals surface area contributed by atoms with Crippen molar-refractivity contribution in [3.05, 3.63) is 72.0 Å². The number of rotatable bonds is 5. The van der Waals surface area contributed by atoms with Crippen LogP contribution < -0.4 is 0 Å². The van der Waals surface area contributed by atoms with E-state index in [-0.39, 0.29) is 0 Å². The molecule has 23 heavy (non-hydrogen) atoms. The molecule has 0 fully saturated rings.